The number of rotatable bonds is 0. The van der Waals surface area contributed by atoms with Crippen molar-refractivity contribution < 1.29 is 4.84 Å². The van der Waals surface area contributed by atoms with Crippen molar-refractivity contribution >= 4 is 0 Å². The average Bonchev–Trinajstić information content (AvgIpc) is 1.87. The zero-order chi connectivity index (χ0) is 5.28. The lowest BCUT2D eigenvalue weighted by molar-refractivity contribution is -0.109. The summed E-state index contributed by atoms with van der Waals surface area (Å²) >= 11 is 0. The van der Waals surface area contributed by atoms with Crippen LogP contribution in [0.25, 0.3) is 0 Å². The van der Waals surface area contributed by atoms with Crippen LogP contribution in [-0.4, -0.2) is 18.2 Å². The Hall–Kier alpha value is -0.500. The summed E-state index contributed by atoms with van der Waals surface area (Å²) < 4.78 is 0. The minimum Gasteiger partial charge on any atom is -0.266 e. The molecule has 2 heteroatoms. The van der Waals surface area contributed by atoms with Crippen molar-refractivity contribution in [3.05, 3.63) is 12.3 Å². The predicted molar refractivity (Wildman–Crippen MR) is 26.1 cm³/mol. The van der Waals surface area contributed by atoms with E-state index in [9.17, 15) is 0 Å². The van der Waals surface area contributed by atoms with Crippen molar-refractivity contribution in [2.75, 3.05) is 7.05 Å². The molecule has 0 aromatic heterocycles. The first kappa shape index (κ1) is 4.65. The maximum atomic E-state index is 5.03. The van der Waals surface area contributed by atoms with Gasteiger partial charge in [0.2, 0.25) is 0 Å². The highest BCUT2D eigenvalue weighted by molar-refractivity contribution is 4.82. The Morgan fingerprint density at radius 2 is 2.57 bits per heavy atom. The third-order valence-electron chi connectivity index (χ3n) is 0.815. The molecule has 0 aromatic carbocycles. The zero-order valence-corrected chi connectivity index (χ0v) is 4.51. The van der Waals surface area contributed by atoms with E-state index >= 15 is 0 Å². The summed E-state index contributed by atoms with van der Waals surface area (Å²) in [7, 11) is 1.82. The molecule has 0 N–H and O–H groups in total. The molecule has 1 rings (SSSR count). The first-order valence-corrected chi connectivity index (χ1v) is 2.29. The molecule has 1 radical (unpaired) electrons. The Labute approximate surface area is 43.3 Å². The first-order valence-electron chi connectivity index (χ1n) is 2.29. The van der Waals surface area contributed by atoms with Crippen molar-refractivity contribution in [3.63, 3.8) is 0 Å². The van der Waals surface area contributed by atoms with E-state index in [4.69, 9.17) is 4.84 Å². The van der Waals surface area contributed by atoms with Gasteiger partial charge in [0.25, 0.3) is 0 Å². The van der Waals surface area contributed by atoms with E-state index in [1.54, 1.807) is 5.06 Å². The van der Waals surface area contributed by atoms with Crippen LogP contribution < -0.4 is 0 Å². The summed E-state index contributed by atoms with van der Waals surface area (Å²) in [4.78, 5) is 5.03. The third-order valence-corrected chi connectivity index (χ3v) is 0.815. The molecule has 0 bridgehead atoms. The number of hydroxylamine groups is 2. The van der Waals surface area contributed by atoms with E-state index in [2.05, 4.69) is 6.20 Å². The van der Waals surface area contributed by atoms with Gasteiger partial charge >= 0.3 is 0 Å². The highest BCUT2D eigenvalue weighted by atomic mass is 16.7. The topological polar surface area (TPSA) is 12.5 Å². The van der Waals surface area contributed by atoms with Crippen LogP contribution in [0.15, 0.2) is 6.08 Å². The summed E-state index contributed by atoms with van der Waals surface area (Å²) in [6.45, 7) is 1.97. The minimum atomic E-state index is 0.213. The second-order valence-corrected chi connectivity index (χ2v) is 1.60. The smallest absolute Gasteiger partial charge is 0.103 e. The van der Waals surface area contributed by atoms with Crippen molar-refractivity contribution in [2.45, 2.75) is 13.0 Å². The van der Waals surface area contributed by atoms with Crippen LogP contribution in [0.5, 0.6) is 0 Å². The molecule has 0 spiro atoms. The Morgan fingerprint density at radius 3 is 2.71 bits per heavy atom. The van der Waals surface area contributed by atoms with Crippen LogP contribution in [0.4, 0.5) is 0 Å². The quantitative estimate of drug-likeness (QED) is 0.439. The number of hydrogen-bond donors (Lipinski definition) is 0. The van der Waals surface area contributed by atoms with Gasteiger partial charge in [0.1, 0.15) is 6.10 Å². The SMILES string of the molecule is CC1C=[C]N(C)O1. The molecule has 1 atom stereocenters. The van der Waals surface area contributed by atoms with Gasteiger partial charge in [0.05, 0.1) is 6.20 Å². The Morgan fingerprint density at radius 1 is 1.86 bits per heavy atom. The largest absolute Gasteiger partial charge is 0.266 e. The molecule has 0 amide bonds. The van der Waals surface area contributed by atoms with E-state index in [0.29, 0.717) is 0 Å². The van der Waals surface area contributed by atoms with Crippen molar-refractivity contribution in [2.24, 2.45) is 0 Å². The second kappa shape index (κ2) is 1.54. The highest BCUT2D eigenvalue weighted by Gasteiger charge is 2.06. The van der Waals surface area contributed by atoms with Crippen LogP contribution in [0.3, 0.4) is 0 Å². The van der Waals surface area contributed by atoms with Crippen LogP contribution in [0.1, 0.15) is 6.92 Å². The van der Waals surface area contributed by atoms with E-state index in [0.717, 1.165) is 0 Å². The Balaban J connectivity index is 2.42. The van der Waals surface area contributed by atoms with Crippen LogP contribution in [0.2, 0.25) is 0 Å². The second-order valence-electron chi connectivity index (χ2n) is 1.60. The molecule has 0 saturated heterocycles. The normalized spacial score (nSPS) is 29.4. The molecule has 0 aliphatic carbocycles. The van der Waals surface area contributed by atoms with Crippen LogP contribution >= 0.6 is 0 Å². The summed E-state index contributed by atoms with van der Waals surface area (Å²) in [5.74, 6) is 0. The summed E-state index contributed by atoms with van der Waals surface area (Å²) in [5.41, 5.74) is 0. The van der Waals surface area contributed by atoms with Gasteiger partial charge < -0.3 is 0 Å². The maximum Gasteiger partial charge on any atom is 0.103 e. The fraction of sp³-hybridized carbons (Fsp3) is 0.600. The molecule has 1 aliphatic heterocycles. The Kier molecular flexibility index (Phi) is 1.02. The maximum absolute atomic E-state index is 5.03. The fourth-order valence-electron chi connectivity index (χ4n) is 0.520. The molecule has 2 nitrogen and oxygen atoms in total. The third kappa shape index (κ3) is 0.933. The van der Waals surface area contributed by atoms with Crippen LogP contribution in [0, 0.1) is 6.20 Å². The Bertz CT molecular complexity index is 80.1. The molecule has 0 saturated carbocycles. The fourth-order valence-corrected chi connectivity index (χ4v) is 0.520. The molecule has 1 aliphatic rings. The lowest BCUT2D eigenvalue weighted by Crippen LogP contribution is -2.09. The molecular weight excluding hydrogens is 90.1 g/mol. The monoisotopic (exact) mass is 98.1 g/mol. The number of hydrogen-bond acceptors (Lipinski definition) is 2. The summed E-state index contributed by atoms with van der Waals surface area (Å²) in [6, 6.07) is 0. The molecule has 1 heterocycles. The number of nitrogens with zero attached hydrogens (tertiary/aromatic N) is 1. The highest BCUT2D eigenvalue weighted by Crippen LogP contribution is 2.03. The molecular formula is C5H8NO. The lowest BCUT2D eigenvalue weighted by Gasteiger charge is -2.06. The van der Waals surface area contributed by atoms with Crippen molar-refractivity contribution in [1.82, 2.24) is 5.06 Å². The van der Waals surface area contributed by atoms with Gasteiger partial charge in [-0.15, -0.1) is 0 Å². The first-order chi connectivity index (χ1) is 3.29. The lowest BCUT2D eigenvalue weighted by atomic mass is 10.4. The van der Waals surface area contributed by atoms with Gasteiger partial charge in [-0.05, 0) is 13.0 Å². The summed E-state index contributed by atoms with van der Waals surface area (Å²) in [6.07, 6.45) is 4.94. The standard InChI is InChI=1S/C5H8NO/c1-5-3-4-6(2)7-5/h3,5H,1-2H3. The van der Waals surface area contributed by atoms with Crippen molar-refractivity contribution in [1.29, 1.82) is 0 Å². The van der Waals surface area contributed by atoms with Crippen LogP contribution in [-0.2, 0) is 4.84 Å². The molecule has 0 aromatic rings. The molecule has 7 heavy (non-hydrogen) atoms. The van der Waals surface area contributed by atoms with Gasteiger partial charge in [-0.1, -0.05) is 0 Å². The van der Waals surface area contributed by atoms with Gasteiger partial charge in [0, 0.05) is 7.05 Å². The van der Waals surface area contributed by atoms with E-state index in [-0.39, 0.29) is 6.10 Å². The van der Waals surface area contributed by atoms with Gasteiger partial charge in [0.15, 0.2) is 0 Å². The molecule has 0 fully saturated rings. The van der Waals surface area contributed by atoms with E-state index in [1.807, 2.05) is 20.0 Å². The van der Waals surface area contributed by atoms with Gasteiger partial charge in [-0.2, -0.15) is 0 Å². The average molecular weight is 98.1 g/mol. The van der Waals surface area contributed by atoms with Gasteiger partial charge in [-0.3, -0.25) is 9.90 Å². The minimum absolute atomic E-state index is 0.213. The molecule has 1 unspecified atom stereocenters. The predicted octanol–water partition coefficient (Wildman–Crippen LogP) is 0.569. The zero-order valence-electron chi connectivity index (χ0n) is 4.51. The molecule has 39 valence electrons. The summed E-state index contributed by atoms with van der Waals surface area (Å²) in [5, 5.41) is 1.57. The van der Waals surface area contributed by atoms with Gasteiger partial charge in [-0.25, -0.2) is 0 Å². The van der Waals surface area contributed by atoms with Crippen molar-refractivity contribution in [3.8, 4) is 0 Å². The van der Waals surface area contributed by atoms with E-state index < -0.39 is 0 Å². The van der Waals surface area contributed by atoms with E-state index in [1.165, 1.54) is 0 Å².